The van der Waals surface area contributed by atoms with Crippen LogP contribution in [0.4, 0.5) is 4.79 Å². The van der Waals surface area contributed by atoms with Gasteiger partial charge in [0.2, 0.25) is 0 Å². The highest BCUT2D eigenvalue weighted by Gasteiger charge is 2.31. The molecule has 0 unspecified atom stereocenters. The molecule has 44 heavy (non-hydrogen) atoms. The first-order valence-electron chi connectivity index (χ1n) is 14.5. The van der Waals surface area contributed by atoms with Gasteiger partial charge >= 0.3 is 12.1 Å². The molecule has 220 valence electrons. The molecule has 0 saturated carbocycles. The molecule has 1 N–H and O–H groups in total. The summed E-state index contributed by atoms with van der Waals surface area (Å²) in [6.07, 6.45) is -0.474. The number of carbonyl (C=O) groups is 2. The van der Waals surface area contributed by atoms with Crippen molar-refractivity contribution in [1.82, 2.24) is 4.57 Å². The molecule has 0 fully saturated rings. The number of carbonyl (C=O) groups excluding carboxylic acids is 1. The van der Waals surface area contributed by atoms with Gasteiger partial charge in [-0.05, 0) is 73.5 Å². The first-order valence-corrected chi connectivity index (χ1v) is 14.5. The van der Waals surface area contributed by atoms with E-state index in [0.717, 1.165) is 38.8 Å². The van der Waals surface area contributed by atoms with Gasteiger partial charge in [-0.3, -0.25) is 0 Å². The number of aromatic carboxylic acids is 1. The summed E-state index contributed by atoms with van der Waals surface area (Å²) in [5.41, 5.74) is 3.61. The van der Waals surface area contributed by atoms with E-state index >= 15 is 0 Å². The van der Waals surface area contributed by atoms with E-state index in [0.29, 0.717) is 22.2 Å². The Morgan fingerprint density at radius 1 is 0.773 bits per heavy atom. The van der Waals surface area contributed by atoms with E-state index in [1.165, 1.54) is 4.57 Å². The second kappa shape index (κ2) is 11.4. The highest BCUT2D eigenvalue weighted by atomic mass is 16.6. The fourth-order valence-corrected chi connectivity index (χ4v) is 5.72. The lowest BCUT2D eigenvalue weighted by Crippen LogP contribution is -2.29. The van der Waals surface area contributed by atoms with Gasteiger partial charge in [0.25, 0.3) is 0 Å². The molecule has 0 amide bonds. The molecule has 0 saturated heterocycles. The molecule has 0 aliphatic carbocycles. The number of para-hydroxylation sites is 1. The lowest BCUT2D eigenvalue weighted by Gasteiger charge is -2.21. The quantitative estimate of drug-likeness (QED) is 0.211. The van der Waals surface area contributed by atoms with Gasteiger partial charge in [0.15, 0.2) is 0 Å². The molecular formula is C38H33NO5. The van der Waals surface area contributed by atoms with Gasteiger partial charge in [-0.1, -0.05) is 91.0 Å². The normalized spacial score (nSPS) is 11.5. The van der Waals surface area contributed by atoms with Gasteiger partial charge in [0.1, 0.15) is 22.8 Å². The van der Waals surface area contributed by atoms with Crippen LogP contribution in [0.1, 0.15) is 48.0 Å². The maximum Gasteiger partial charge on any atom is 0.419 e. The van der Waals surface area contributed by atoms with Crippen molar-refractivity contribution in [3.05, 3.63) is 132 Å². The van der Waals surface area contributed by atoms with E-state index in [1.54, 1.807) is 20.8 Å². The molecule has 0 aliphatic rings. The number of aromatic nitrogens is 1. The van der Waals surface area contributed by atoms with Crippen LogP contribution in [0.15, 0.2) is 109 Å². The van der Waals surface area contributed by atoms with Crippen LogP contribution in [-0.4, -0.2) is 27.3 Å². The predicted molar refractivity (Wildman–Crippen MR) is 174 cm³/mol. The highest BCUT2D eigenvalue weighted by Crippen LogP contribution is 2.38. The van der Waals surface area contributed by atoms with Crippen LogP contribution in [0.25, 0.3) is 32.8 Å². The fourth-order valence-electron chi connectivity index (χ4n) is 5.72. The number of carboxylic acid groups (broad SMARTS) is 1. The van der Waals surface area contributed by atoms with Gasteiger partial charge in [-0.2, -0.15) is 0 Å². The minimum atomic E-state index is -1.21. The molecule has 1 aromatic heterocycles. The second-order valence-electron chi connectivity index (χ2n) is 11.9. The first-order chi connectivity index (χ1) is 21.1. The summed E-state index contributed by atoms with van der Waals surface area (Å²) in [6.45, 7) is 7.29. The summed E-state index contributed by atoms with van der Waals surface area (Å²) in [6, 6.07) is 35.1. The number of hydrogen-bond acceptors (Lipinski definition) is 4. The minimum Gasteiger partial charge on any atom is -0.477 e. The van der Waals surface area contributed by atoms with Crippen LogP contribution in [0.3, 0.4) is 0 Å². The number of nitrogens with zero attached hydrogens (tertiary/aromatic N) is 1. The number of aryl methyl sites for hydroxylation is 1. The van der Waals surface area contributed by atoms with Gasteiger partial charge in [0.05, 0.1) is 5.52 Å². The fraction of sp³-hybridized carbons (Fsp3) is 0.158. The molecule has 0 aliphatic heterocycles. The number of rotatable bonds is 6. The SMILES string of the molecule is Cc1ccccc1-c1cccc2c(Cc3cccc(Oc4cccc5ccccc45)c3)c(C(=O)O)n(C(=O)OC(C)(C)C)c12. The van der Waals surface area contributed by atoms with Gasteiger partial charge in [-0.15, -0.1) is 0 Å². The van der Waals surface area contributed by atoms with Crippen molar-refractivity contribution in [3.63, 3.8) is 0 Å². The standard InChI is InChI=1S/C38H33NO5/c1-24-12-5-7-17-28(24)30-19-11-20-31-32(35(36(40)41)39(34(30)31)37(42)44-38(2,3)4)23-25-13-9-16-27(22-25)43-33-21-10-15-26-14-6-8-18-29(26)33/h5-22H,23H2,1-4H3,(H,40,41). The van der Waals surface area contributed by atoms with Crippen LogP contribution in [0.5, 0.6) is 11.5 Å². The number of fused-ring (bicyclic) bond motifs is 2. The molecule has 0 spiro atoms. The van der Waals surface area contributed by atoms with E-state index in [-0.39, 0.29) is 12.1 Å². The second-order valence-corrected chi connectivity index (χ2v) is 11.9. The first kappa shape index (κ1) is 28.7. The lowest BCUT2D eigenvalue weighted by molar-refractivity contribution is 0.0512. The molecular weight excluding hydrogens is 550 g/mol. The molecule has 5 aromatic carbocycles. The van der Waals surface area contributed by atoms with Gasteiger partial charge in [-0.25, -0.2) is 14.2 Å². The molecule has 6 nitrogen and oxygen atoms in total. The van der Waals surface area contributed by atoms with Crippen LogP contribution >= 0.6 is 0 Å². The van der Waals surface area contributed by atoms with Crippen LogP contribution in [-0.2, 0) is 11.2 Å². The Morgan fingerprint density at radius 2 is 1.43 bits per heavy atom. The van der Waals surface area contributed by atoms with Crippen molar-refractivity contribution >= 4 is 33.7 Å². The average Bonchev–Trinajstić information content (AvgIpc) is 3.32. The third-order valence-corrected chi connectivity index (χ3v) is 7.56. The van der Waals surface area contributed by atoms with Crippen LogP contribution in [0.2, 0.25) is 0 Å². The summed E-state index contributed by atoms with van der Waals surface area (Å²) in [4.78, 5) is 26.7. The lowest BCUT2D eigenvalue weighted by atomic mass is 9.96. The Hall–Kier alpha value is -5.36. The van der Waals surface area contributed by atoms with E-state index in [2.05, 4.69) is 0 Å². The monoisotopic (exact) mass is 583 g/mol. The molecule has 0 bridgehead atoms. The topological polar surface area (TPSA) is 77.8 Å². The summed E-state index contributed by atoms with van der Waals surface area (Å²) in [5, 5.41) is 13.3. The number of hydrogen-bond donors (Lipinski definition) is 1. The number of benzene rings is 5. The molecule has 1 heterocycles. The third-order valence-electron chi connectivity index (χ3n) is 7.56. The maximum absolute atomic E-state index is 13.8. The Bertz CT molecular complexity index is 2040. The summed E-state index contributed by atoms with van der Waals surface area (Å²) >= 11 is 0. The van der Waals surface area contributed by atoms with E-state index < -0.39 is 17.7 Å². The van der Waals surface area contributed by atoms with Gasteiger partial charge in [0, 0.05) is 22.8 Å². The summed E-state index contributed by atoms with van der Waals surface area (Å²) in [5.74, 6) is 0.157. The smallest absolute Gasteiger partial charge is 0.419 e. The molecule has 0 atom stereocenters. The van der Waals surface area contributed by atoms with E-state index in [1.807, 2.05) is 116 Å². The molecule has 6 rings (SSSR count). The van der Waals surface area contributed by atoms with Gasteiger partial charge < -0.3 is 14.6 Å². The average molecular weight is 584 g/mol. The highest BCUT2D eigenvalue weighted by molar-refractivity contribution is 6.09. The zero-order valence-electron chi connectivity index (χ0n) is 25.1. The van der Waals surface area contributed by atoms with Crippen LogP contribution in [0, 0.1) is 6.92 Å². The van der Waals surface area contributed by atoms with Crippen molar-refractivity contribution in [1.29, 1.82) is 0 Å². The van der Waals surface area contributed by atoms with Crippen molar-refractivity contribution in [2.45, 2.75) is 39.7 Å². The van der Waals surface area contributed by atoms with Crippen molar-refractivity contribution in [2.75, 3.05) is 0 Å². The summed E-state index contributed by atoms with van der Waals surface area (Å²) in [7, 11) is 0. The van der Waals surface area contributed by atoms with Crippen molar-refractivity contribution in [3.8, 4) is 22.6 Å². The van der Waals surface area contributed by atoms with Crippen molar-refractivity contribution < 1.29 is 24.2 Å². The minimum absolute atomic E-state index is 0.115. The Labute approximate surface area is 256 Å². The zero-order valence-corrected chi connectivity index (χ0v) is 25.1. The summed E-state index contributed by atoms with van der Waals surface area (Å²) < 4.78 is 13.3. The Kier molecular flexibility index (Phi) is 7.43. The number of carboxylic acids is 1. The Morgan fingerprint density at radius 3 is 2.20 bits per heavy atom. The van der Waals surface area contributed by atoms with E-state index in [9.17, 15) is 14.7 Å². The van der Waals surface area contributed by atoms with E-state index in [4.69, 9.17) is 9.47 Å². The molecule has 0 radical (unpaired) electrons. The predicted octanol–water partition coefficient (Wildman–Crippen LogP) is 9.63. The van der Waals surface area contributed by atoms with Crippen molar-refractivity contribution in [2.24, 2.45) is 0 Å². The molecule has 6 aromatic rings. The zero-order chi connectivity index (χ0) is 31.0. The Balaban J connectivity index is 1.50. The largest absolute Gasteiger partial charge is 0.477 e. The maximum atomic E-state index is 13.8. The van der Waals surface area contributed by atoms with Crippen LogP contribution < -0.4 is 4.74 Å². The number of ether oxygens (including phenoxy) is 2. The molecule has 6 heteroatoms. The third kappa shape index (κ3) is 5.54.